The Morgan fingerprint density at radius 2 is 1.53 bits per heavy atom. The molecule has 0 radical (unpaired) electrons. The first kappa shape index (κ1) is 19.3. The minimum absolute atomic E-state index is 0.0704. The van der Waals surface area contributed by atoms with Gasteiger partial charge in [-0.1, -0.05) is 54.6 Å². The Labute approximate surface area is 173 Å². The van der Waals surface area contributed by atoms with Crippen LogP contribution in [0.15, 0.2) is 84.4 Å². The molecule has 0 aliphatic carbocycles. The number of benzene rings is 3. The summed E-state index contributed by atoms with van der Waals surface area (Å²) in [6, 6.07) is 21.0. The number of aliphatic hydroxyl groups excluding tert-OH is 1. The van der Waals surface area contributed by atoms with E-state index in [2.05, 4.69) is 0 Å². The summed E-state index contributed by atoms with van der Waals surface area (Å²) < 4.78 is 5.32. The number of methoxy groups -OCH3 is 1. The standard InChI is InChI=1S/C24H19NO5/c1-30-19-14-8-5-11-16(19)22(27)20-21(15-9-3-2-4-10-15)25(24(29)23(20)28)17-12-6-7-13-18(17)26/h2-14,21,26-27H,1H3/b22-20-. The molecule has 0 saturated carbocycles. The summed E-state index contributed by atoms with van der Waals surface area (Å²) in [4.78, 5) is 27.3. The Kier molecular flexibility index (Phi) is 4.98. The van der Waals surface area contributed by atoms with Crippen LogP contribution in [0.4, 0.5) is 5.69 Å². The Morgan fingerprint density at radius 1 is 0.900 bits per heavy atom. The van der Waals surface area contributed by atoms with Crippen molar-refractivity contribution in [2.24, 2.45) is 0 Å². The number of phenolic OH excluding ortho intramolecular Hbond substituents is 1. The van der Waals surface area contributed by atoms with Gasteiger partial charge in [0.05, 0.1) is 30.0 Å². The van der Waals surface area contributed by atoms with Gasteiger partial charge in [0.1, 0.15) is 17.3 Å². The van der Waals surface area contributed by atoms with Gasteiger partial charge in [0.15, 0.2) is 0 Å². The predicted octanol–water partition coefficient (Wildman–Crippen LogP) is 4.03. The Morgan fingerprint density at radius 3 is 2.23 bits per heavy atom. The monoisotopic (exact) mass is 401 g/mol. The van der Waals surface area contributed by atoms with Gasteiger partial charge >= 0.3 is 0 Å². The van der Waals surface area contributed by atoms with Gasteiger partial charge < -0.3 is 14.9 Å². The zero-order chi connectivity index (χ0) is 21.3. The molecule has 3 aromatic carbocycles. The number of aromatic hydroxyl groups is 1. The summed E-state index contributed by atoms with van der Waals surface area (Å²) in [6.45, 7) is 0. The average Bonchev–Trinajstić information content (AvgIpc) is 3.05. The van der Waals surface area contributed by atoms with E-state index in [1.54, 1.807) is 66.7 Å². The smallest absolute Gasteiger partial charge is 0.300 e. The summed E-state index contributed by atoms with van der Waals surface area (Å²) in [5.74, 6) is -1.77. The van der Waals surface area contributed by atoms with Gasteiger partial charge in [0.2, 0.25) is 0 Å². The largest absolute Gasteiger partial charge is 0.507 e. The first-order valence-corrected chi connectivity index (χ1v) is 9.32. The number of aliphatic hydroxyl groups is 1. The molecule has 150 valence electrons. The number of carbonyl (C=O) groups excluding carboxylic acids is 2. The average molecular weight is 401 g/mol. The van der Waals surface area contributed by atoms with Gasteiger partial charge in [0.25, 0.3) is 11.7 Å². The SMILES string of the molecule is COc1ccccc1/C(O)=C1/C(=O)C(=O)N(c2ccccc2O)C1c1ccccc1. The van der Waals surface area contributed by atoms with Gasteiger partial charge in [-0.05, 0) is 29.8 Å². The molecule has 1 atom stereocenters. The molecule has 1 amide bonds. The molecule has 1 aliphatic heterocycles. The lowest BCUT2D eigenvalue weighted by Crippen LogP contribution is -2.29. The van der Waals surface area contributed by atoms with Crippen LogP contribution in [0.25, 0.3) is 5.76 Å². The van der Waals surface area contributed by atoms with Crippen molar-refractivity contribution in [2.75, 3.05) is 12.0 Å². The summed E-state index contributed by atoms with van der Waals surface area (Å²) in [6.07, 6.45) is 0. The van der Waals surface area contributed by atoms with Crippen LogP contribution in [0.1, 0.15) is 17.2 Å². The van der Waals surface area contributed by atoms with Crippen molar-refractivity contribution in [1.82, 2.24) is 0 Å². The van der Waals surface area contributed by atoms with Crippen LogP contribution in [-0.4, -0.2) is 29.0 Å². The molecule has 1 fully saturated rings. The van der Waals surface area contributed by atoms with Crippen molar-refractivity contribution < 1.29 is 24.5 Å². The molecular weight excluding hydrogens is 382 g/mol. The van der Waals surface area contributed by atoms with E-state index in [0.29, 0.717) is 16.9 Å². The third-order valence-corrected chi connectivity index (χ3v) is 5.06. The van der Waals surface area contributed by atoms with Crippen LogP contribution in [0.3, 0.4) is 0 Å². The Bertz CT molecular complexity index is 1150. The molecule has 6 nitrogen and oxygen atoms in total. The lowest BCUT2D eigenvalue weighted by Gasteiger charge is -2.26. The van der Waals surface area contributed by atoms with Crippen molar-refractivity contribution in [3.63, 3.8) is 0 Å². The molecule has 3 aromatic rings. The van der Waals surface area contributed by atoms with Gasteiger partial charge in [-0.3, -0.25) is 14.5 Å². The van der Waals surface area contributed by atoms with Crippen molar-refractivity contribution in [3.8, 4) is 11.5 Å². The van der Waals surface area contributed by atoms with E-state index >= 15 is 0 Å². The first-order chi connectivity index (χ1) is 14.5. The highest BCUT2D eigenvalue weighted by Crippen LogP contribution is 2.45. The van der Waals surface area contributed by atoms with E-state index in [1.165, 1.54) is 18.1 Å². The molecule has 1 heterocycles. The van der Waals surface area contributed by atoms with Gasteiger partial charge in [-0.2, -0.15) is 0 Å². The summed E-state index contributed by atoms with van der Waals surface area (Å²) in [5.41, 5.74) is 1.04. The summed E-state index contributed by atoms with van der Waals surface area (Å²) >= 11 is 0. The highest BCUT2D eigenvalue weighted by molar-refractivity contribution is 6.52. The van der Waals surface area contributed by atoms with E-state index < -0.39 is 17.7 Å². The van der Waals surface area contributed by atoms with E-state index in [0.717, 1.165) is 0 Å². The van der Waals surface area contributed by atoms with Crippen LogP contribution in [0.2, 0.25) is 0 Å². The van der Waals surface area contributed by atoms with E-state index in [-0.39, 0.29) is 22.8 Å². The number of nitrogens with zero attached hydrogens (tertiary/aromatic N) is 1. The minimum Gasteiger partial charge on any atom is -0.507 e. The predicted molar refractivity (Wildman–Crippen MR) is 112 cm³/mol. The zero-order valence-corrected chi connectivity index (χ0v) is 16.1. The molecule has 6 heteroatoms. The maximum Gasteiger partial charge on any atom is 0.300 e. The molecule has 2 N–H and O–H groups in total. The third kappa shape index (κ3) is 3.08. The number of ether oxygens (including phenoxy) is 1. The molecule has 0 aromatic heterocycles. The molecule has 4 rings (SSSR count). The second kappa shape index (κ2) is 7.75. The van der Waals surface area contributed by atoms with Crippen molar-refractivity contribution in [1.29, 1.82) is 0 Å². The van der Waals surface area contributed by atoms with Gasteiger partial charge in [0, 0.05) is 0 Å². The highest BCUT2D eigenvalue weighted by atomic mass is 16.5. The lowest BCUT2D eigenvalue weighted by molar-refractivity contribution is -0.132. The summed E-state index contributed by atoms with van der Waals surface area (Å²) in [7, 11) is 1.46. The molecule has 1 saturated heterocycles. The Hall–Kier alpha value is -4.06. The highest BCUT2D eigenvalue weighted by Gasteiger charge is 2.47. The number of rotatable bonds is 4. The number of ketones is 1. The number of anilines is 1. The van der Waals surface area contributed by atoms with Crippen LogP contribution in [0.5, 0.6) is 11.5 Å². The fraction of sp³-hybridized carbons (Fsp3) is 0.0833. The second-order valence-electron chi connectivity index (χ2n) is 6.77. The molecule has 1 aliphatic rings. The van der Waals surface area contributed by atoms with E-state index in [4.69, 9.17) is 4.74 Å². The summed E-state index contributed by atoms with van der Waals surface area (Å²) in [5, 5.41) is 21.5. The molecular formula is C24H19NO5. The van der Waals surface area contributed by atoms with Crippen molar-refractivity contribution in [3.05, 3.63) is 95.6 Å². The van der Waals surface area contributed by atoms with Gasteiger partial charge in [-0.25, -0.2) is 0 Å². The maximum atomic E-state index is 13.1. The zero-order valence-electron chi connectivity index (χ0n) is 16.1. The maximum absolute atomic E-state index is 13.1. The first-order valence-electron chi connectivity index (χ1n) is 9.32. The fourth-order valence-corrected chi connectivity index (χ4v) is 3.68. The molecule has 30 heavy (non-hydrogen) atoms. The number of para-hydroxylation sites is 3. The van der Waals surface area contributed by atoms with Crippen molar-refractivity contribution >= 4 is 23.1 Å². The number of hydrogen-bond acceptors (Lipinski definition) is 5. The number of Topliss-reactive ketones (excluding diaryl/α,β-unsaturated/α-hetero) is 1. The second-order valence-corrected chi connectivity index (χ2v) is 6.77. The van der Waals surface area contributed by atoms with Crippen molar-refractivity contribution in [2.45, 2.75) is 6.04 Å². The lowest BCUT2D eigenvalue weighted by atomic mass is 9.95. The number of amides is 1. The third-order valence-electron chi connectivity index (χ3n) is 5.06. The minimum atomic E-state index is -0.913. The number of carbonyl (C=O) groups is 2. The topological polar surface area (TPSA) is 87.1 Å². The quantitative estimate of drug-likeness (QED) is 0.392. The van der Waals surface area contributed by atoms with Crippen LogP contribution in [-0.2, 0) is 9.59 Å². The number of phenols is 1. The van der Waals surface area contributed by atoms with E-state index in [9.17, 15) is 19.8 Å². The molecule has 0 spiro atoms. The van der Waals surface area contributed by atoms with Gasteiger partial charge in [-0.15, -0.1) is 0 Å². The van der Waals surface area contributed by atoms with Crippen LogP contribution in [0, 0.1) is 0 Å². The van der Waals surface area contributed by atoms with E-state index in [1.807, 2.05) is 6.07 Å². The Balaban J connectivity index is 1.99. The van der Waals surface area contributed by atoms with Crippen LogP contribution < -0.4 is 9.64 Å². The normalized spacial score (nSPS) is 17.9. The number of hydrogen-bond donors (Lipinski definition) is 2. The van der Waals surface area contributed by atoms with Crippen LogP contribution >= 0.6 is 0 Å². The molecule has 1 unspecified atom stereocenters. The molecule has 0 bridgehead atoms. The fourth-order valence-electron chi connectivity index (χ4n) is 3.68.